The van der Waals surface area contributed by atoms with Gasteiger partial charge >= 0.3 is 0 Å². The second-order valence-corrected chi connectivity index (χ2v) is 27.6. The molecule has 0 radical (unpaired) electrons. The van der Waals surface area contributed by atoms with Crippen molar-refractivity contribution < 1.29 is 13.6 Å². The second-order valence-electron chi connectivity index (χ2n) is 18.0. The van der Waals surface area contributed by atoms with Crippen LogP contribution < -0.4 is 0 Å². The number of rotatable bonds is 4. The standard InChI is InChI=1S/C33H58O3Si2/c1-28(2,3)37(10,11)35-25-16-18-32-20-22-23(34)21-31(9)17-15-26(36-38(12,13)29(4,5)6)33(32,27(22)31)19-14-24(32)30(25,7)8/h24-26H,14-21H2,1-13H3/t24-,25-,26+,31-,32+,33-/m1/s1. The van der Waals surface area contributed by atoms with E-state index in [9.17, 15) is 4.79 Å². The van der Waals surface area contributed by atoms with Crippen LogP contribution in [0.1, 0.15) is 114 Å². The van der Waals surface area contributed by atoms with E-state index < -0.39 is 16.6 Å². The third-order valence-corrected chi connectivity index (χ3v) is 22.7. The Morgan fingerprint density at radius 2 is 1.26 bits per heavy atom. The Balaban J connectivity index is 1.59. The summed E-state index contributed by atoms with van der Waals surface area (Å²) in [6.07, 6.45) is 9.30. The molecule has 0 bridgehead atoms. The molecule has 0 N–H and O–H groups in total. The number of carbonyl (C=O) groups excluding carboxylic acids is 1. The number of allylic oxidation sites excluding steroid dienone is 1. The van der Waals surface area contributed by atoms with E-state index in [4.69, 9.17) is 8.85 Å². The van der Waals surface area contributed by atoms with Gasteiger partial charge in [-0.15, -0.1) is 0 Å². The fraction of sp³-hybridized carbons (Fsp3) is 0.909. The molecule has 0 aliphatic heterocycles. The molecule has 5 aliphatic rings. The topological polar surface area (TPSA) is 35.5 Å². The largest absolute Gasteiger partial charge is 0.413 e. The maximum Gasteiger partial charge on any atom is 0.192 e. The van der Waals surface area contributed by atoms with Crippen LogP contribution in [0, 0.1) is 27.6 Å². The van der Waals surface area contributed by atoms with Crippen LogP contribution in [0.25, 0.3) is 0 Å². The molecule has 3 fully saturated rings. The van der Waals surface area contributed by atoms with Crippen molar-refractivity contribution >= 4 is 22.4 Å². The zero-order chi connectivity index (χ0) is 28.5. The molecule has 5 rings (SSSR count). The van der Waals surface area contributed by atoms with Crippen molar-refractivity contribution in [2.24, 2.45) is 27.6 Å². The van der Waals surface area contributed by atoms with Crippen molar-refractivity contribution in [2.45, 2.75) is 162 Å². The van der Waals surface area contributed by atoms with Crippen LogP contribution in [0.4, 0.5) is 0 Å². The zero-order valence-corrected chi connectivity index (χ0v) is 29.1. The summed E-state index contributed by atoms with van der Waals surface area (Å²) in [6, 6.07) is 0. The molecule has 0 aromatic carbocycles. The minimum Gasteiger partial charge on any atom is -0.413 e. The Morgan fingerprint density at radius 3 is 1.82 bits per heavy atom. The Bertz CT molecular complexity index is 1060. The van der Waals surface area contributed by atoms with Crippen molar-refractivity contribution in [1.82, 2.24) is 0 Å². The van der Waals surface area contributed by atoms with Gasteiger partial charge in [-0.05, 0) is 115 Å². The highest BCUT2D eigenvalue weighted by Crippen LogP contribution is 2.81. The molecule has 0 aromatic rings. The van der Waals surface area contributed by atoms with E-state index in [0.29, 0.717) is 17.8 Å². The lowest BCUT2D eigenvalue weighted by Crippen LogP contribution is -2.62. The summed E-state index contributed by atoms with van der Waals surface area (Å²) in [6.45, 7) is 31.4. The minimum absolute atomic E-state index is 0.0426. The molecule has 0 heterocycles. The molecule has 3 saturated carbocycles. The third kappa shape index (κ3) is 3.65. The lowest BCUT2D eigenvalue weighted by Gasteiger charge is -2.63. The molecule has 0 unspecified atom stereocenters. The quantitative estimate of drug-likeness (QED) is 0.322. The van der Waals surface area contributed by atoms with E-state index in [0.717, 1.165) is 32.1 Å². The first-order valence-electron chi connectivity index (χ1n) is 15.7. The number of Topliss-reactive ketones (excluding diaryl/α,β-unsaturated/α-hetero) is 1. The van der Waals surface area contributed by atoms with Gasteiger partial charge in [0.15, 0.2) is 22.4 Å². The van der Waals surface area contributed by atoms with Gasteiger partial charge in [-0.25, -0.2) is 0 Å². The molecule has 0 amide bonds. The minimum atomic E-state index is -1.97. The van der Waals surface area contributed by atoms with E-state index in [1.54, 1.807) is 5.57 Å². The summed E-state index contributed by atoms with van der Waals surface area (Å²) >= 11 is 0. The highest BCUT2D eigenvalue weighted by atomic mass is 28.4. The predicted molar refractivity (Wildman–Crippen MR) is 163 cm³/mol. The van der Waals surface area contributed by atoms with Crippen LogP contribution in [0.2, 0.25) is 36.3 Å². The van der Waals surface area contributed by atoms with E-state index >= 15 is 0 Å². The number of hydrogen-bond acceptors (Lipinski definition) is 3. The molecule has 216 valence electrons. The second kappa shape index (κ2) is 8.19. The van der Waals surface area contributed by atoms with Crippen LogP contribution in [0.15, 0.2) is 11.1 Å². The molecular formula is C33H58O3Si2. The Morgan fingerprint density at radius 1 is 0.737 bits per heavy atom. The Hall–Kier alpha value is -0.236. The van der Waals surface area contributed by atoms with E-state index in [-0.39, 0.29) is 37.8 Å². The van der Waals surface area contributed by atoms with Crippen LogP contribution in [0.3, 0.4) is 0 Å². The summed E-state index contributed by atoms with van der Waals surface area (Å²) in [5.74, 6) is 1.04. The Kier molecular flexibility index (Phi) is 6.31. The van der Waals surface area contributed by atoms with Gasteiger partial charge < -0.3 is 8.85 Å². The highest BCUT2D eigenvalue weighted by molar-refractivity contribution is 6.74. The first-order valence-corrected chi connectivity index (χ1v) is 21.5. The number of carbonyl (C=O) groups is 1. The number of hydrogen-bond donors (Lipinski definition) is 0. The molecule has 0 saturated heterocycles. The van der Waals surface area contributed by atoms with Gasteiger partial charge in [0, 0.05) is 11.8 Å². The Labute approximate surface area is 236 Å². The molecule has 5 aliphatic carbocycles. The van der Waals surface area contributed by atoms with Crippen molar-refractivity contribution in [2.75, 3.05) is 0 Å². The SMILES string of the molecule is CC1(C)[C@H]2CC[C@@]34C5=C(C[C@@]23CC[C@H]1O[Si](C)(C)C(C)(C)C)C(=O)C[C@@]5(C)CC[C@@H]4O[Si](C)(C)C(C)(C)C. The van der Waals surface area contributed by atoms with E-state index in [1.165, 1.54) is 24.8 Å². The maximum absolute atomic E-state index is 13.7. The van der Waals surface area contributed by atoms with Crippen molar-refractivity contribution in [1.29, 1.82) is 0 Å². The average molecular weight is 559 g/mol. The highest BCUT2D eigenvalue weighted by Gasteiger charge is 2.77. The number of ketones is 1. The lowest BCUT2D eigenvalue weighted by atomic mass is 9.45. The van der Waals surface area contributed by atoms with Gasteiger partial charge in [-0.2, -0.15) is 0 Å². The van der Waals surface area contributed by atoms with Crippen LogP contribution in [0.5, 0.6) is 0 Å². The molecule has 5 heteroatoms. The predicted octanol–water partition coefficient (Wildman–Crippen LogP) is 9.44. The molecule has 6 atom stereocenters. The summed E-state index contributed by atoms with van der Waals surface area (Å²) in [7, 11) is -3.85. The molecule has 0 aromatic heterocycles. The van der Waals surface area contributed by atoms with Gasteiger partial charge in [0.25, 0.3) is 0 Å². The normalized spacial score (nSPS) is 40.9. The van der Waals surface area contributed by atoms with Gasteiger partial charge in [0.05, 0.1) is 12.2 Å². The fourth-order valence-electron chi connectivity index (χ4n) is 9.77. The maximum atomic E-state index is 13.7. The van der Waals surface area contributed by atoms with Crippen LogP contribution in [-0.2, 0) is 13.6 Å². The van der Waals surface area contributed by atoms with Crippen molar-refractivity contribution in [3.8, 4) is 0 Å². The van der Waals surface area contributed by atoms with Crippen LogP contribution in [-0.4, -0.2) is 34.6 Å². The lowest BCUT2D eigenvalue weighted by molar-refractivity contribution is -0.143. The van der Waals surface area contributed by atoms with Gasteiger partial charge in [-0.3, -0.25) is 4.79 Å². The third-order valence-electron chi connectivity index (χ3n) is 13.7. The fourth-order valence-corrected chi connectivity index (χ4v) is 12.6. The molecular weight excluding hydrogens is 501 g/mol. The van der Waals surface area contributed by atoms with Crippen molar-refractivity contribution in [3.63, 3.8) is 0 Å². The summed E-state index contributed by atoms with van der Waals surface area (Å²) < 4.78 is 14.7. The molecule has 38 heavy (non-hydrogen) atoms. The van der Waals surface area contributed by atoms with E-state index in [2.05, 4.69) is 88.5 Å². The van der Waals surface area contributed by atoms with Crippen LogP contribution >= 0.6 is 0 Å². The monoisotopic (exact) mass is 558 g/mol. The summed E-state index contributed by atoms with van der Waals surface area (Å²) in [4.78, 5) is 13.7. The van der Waals surface area contributed by atoms with Crippen molar-refractivity contribution in [3.05, 3.63) is 11.1 Å². The average Bonchev–Trinajstić information content (AvgIpc) is 3.30. The smallest absolute Gasteiger partial charge is 0.192 e. The van der Waals surface area contributed by atoms with Gasteiger partial charge in [0.1, 0.15) is 0 Å². The molecule has 2 spiro atoms. The van der Waals surface area contributed by atoms with Gasteiger partial charge in [0.2, 0.25) is 0 Å². The summed E-state index contributed by atoms with van der Waals surface area (Å²) in [5, 5.41) is 0.399. The zero-order valence-electron chi connectivity index (χ0n) is 27.1. The van der Waals surface area contributed by atoms with Gasteiger partial charge in [-0.1, -0.05) is 62.3 Å². The molecule has 3 nitrogen and oxygen atoms in total. The van der Waals surface area contributed by atoms with E-state index in [1.807, 2.05) is 0 Å². The summed E-state index contributed by atoms with van der Waals surface area (Å²) in [5.41, 5.74) is 3.18. The first kappa shape index (κ1) is 29.3. The first-order chi connectivity index (χ1) is 17.1.